The molecule has 2 heterocycles. The Bertz CT molecular complexity index is 1040. The van der Waals surface area contributed by atoms with Crippen molar-refractivity contribution in [2.75, 3.05) is 5.32 Å². The van der Waals surface area contributed by atoms with Crippen LogP contribution in [0.4, 0.5) is 5.82 Å². The van der Waals surface area contributed by atoms with E-state index in [1.165, 1.54) is 0 Å². The van der Waals surface area contributed by atoms with Gasteiger partial charge in [-0.2, -0.15) is 0 Å². The number of anilines is 1. The van der Waals surface area contributed by atoms with E-state index >= 15 is 0 Å². The van der Waals surface area contributed by atoms with Crippen molar-refractivity contribution in [1.82, 2.24) is 9.55 Å². The maximum atomic E-state index is 12.6. The Labute approximate surface area is 154 Å². The standard InChI is InChI=1S/C20H16BrN3O/c1-3-8-15(4-2)23-19-12-18(25)17-11-14(21)13-22-20(17)24(19)16-9-6-5-7-10-16/h3-13,23H,1-2H2/b15-8+. The van der Waals surface area contributed by atoms with Crippen LogP contribution in [0.15, 0.2) is 95.0 Å². The van der Waals surface area contributed by atoms with Gasteiger partial charge in [0, 0.05) is 28.1 Å². The van der Waals surface area contributed by atoms with Gasteiger partial charge in [0.05, 0.1) is 5.39 Å². The average molecular weight is 394 g/mol. The molecule has 0 spiro atoms. The van der Waals surface area contributed by atoms with E-state index in [2.05, 4.69) is 39.4 Å². The van der Waals surface area contributed by atoms with E-state index in [0.29, 0.717) is 16.9 Å². The molecule has 0 amide bonds. The summed E-state index contributed by atoms with van der Waals surface area (Å²) >= 11 is 3.38. The maximum Gasteiger partial charge on any atom is 0.193 e. The Morgan fingerprint density at radius 1 is 1.20 bits per heavy atom. The Hall–Kier alpha value is -2.92. The zero-order chi connectivity index (χ0) is 17.8. The van der Waals surface area contributed by atoms with Crippen molar-refractivity contribution in [3.05, 3.63) is 100 Å². The molecule has 25 heavy (non-hydrogen) atoms. The Kier molecular flexibility index (Phi) is 4.95. The molecule has 3 rings (SSSR count). The first-order valence-corrected chi connectivity index (χ1v) is 8.42. The summed E-state index contributed by atoms with van der Waals surface area (Å²) < 4.78 is 2.67. The summed E-state index contributed by atoms with van der Waals surface area (Å²) in [5.74, 6) is 0.603. The van der Waals surface area contributed by atoms with Gasteiger partial charge in [0.1, 0.15) is 11.5 Å². The van der Waals surface area contributed by atoms with Crippen LogP contribution in [0.25, 0.3) is 16.7 Å². The van der Waals surface area contributed by atoms with Gasteiger partial charge in [-0.1, -0.05) is 37.4 Å². The number of nitrogens with zero attached hydrogens (tertiary/aromatic N) is 2. The van der Waals surface area contributed by atoms with E-state index in [4.69, 9.17) is 0 Å². The molecule has 5 heteroatoms. The molecule has 0 aliphatic carbocycles. The lowest BCUT2D eigenvalue weighted by atomic mass is 10.2. The molecule has 3 aromatic rings. The quantitative estimate of drug-likeness (QED) is 0.632. The summed E-state index contributed by atoms with van der Waals surface area (Å²) in [7, 11) is 0. The van der Waals surface area contributed by atoms with Gasteiger partial charge in [-0.25, -0.2) is 4.98 Å². The summed E-state index contributed by atoms with van der Waals surface area (Å²) in [5, 5.41) is 3.77. The highest BCUT2D eigenvalue weighted by molar-refractivity contribution is 9.10. The molecule has 0 fully saturated rings. The Morgan fingerprint density at radius 2 is 1.96 bits per heavy atom. The number of fused-ring (bicyclic) bond motifs is 1. The molecule has 0 saturated heterocycles. The number of hydrogen-bond donors (Lipinski definition) is 1. The first-order chi connectivity index (χ1) is 12.1. The van der Waals surface area contributed by atoms with Gasteiger partial charge in [0.15, 0.2) is 5.43 Å². The van der Waals surface area contributed by atoms with Crippen LogP contribution in [-0.4, -0.2) is 9.55 Å². The first kappa shape index (κ1) is 16.9. The lowest BCUT2D eigenvalue weighted by Gasteiger charge is -2.18. The zero-order valence-corrected chi connectivity index (χ0v) is 15.0. The molecule has 124 valence electrons. The van der Waals surface area contributed by atoms with Crippen molar-refractivity contribution in [3.8, 4) is 5.69 Å². The average Bonchev–Trinajstić information content (AvgIpc) is 2.62. The topological polar surface area (TPSA) is 46.9 Å². The van der Waals surface area contributed by atoms with Crippen molar-refractivity contribution < 1.29 is 0 Å². The number of allylic oxidation sites excluding steroid dienone is 3. The second-order valence-corrected chi connectivity index (χ2v) is 6.19. The van der Waals surface area contributed by atoms with Crippen LogP contribution < -0.4 is 10.7 Å². The molecule has 0 aliphatic rings. The smallest absolute Gasteiger partial charge is 0.193 e. The van der Waals surface area contributed by atoms with Gasteiger partial charge < -0.3 is 5.32 Å². The summed E-state index contributed by atoms with van der Waals surface area (Å²) in [6.07, 6.45) is 6.79. The minimum atomic E-state index is -0.111. The molecule has 0 saturated carbocycles. The Balaban J connectivity index is 2.34. The molecule has 1 N–H and O–H groups in total. The van der Waals surface area contributed by atoms with E-state index in [1.54, 1.807) is 36.6 Å². The van der Waals surface area contributed by atoms with Gasteiger partial charge in [-0.15, -0.1) is 0 Å². The molecular formula is C20H16BrN3O. The molecule has 0 bridgehead atoms. The van der Waals surface area contributed by atoms with Crippen LogP contribution in [0.1, 0.15) is 0 Å². The van der Waals surface area contributed by atoms with Gasteiger partial charge in [-0.3, -0.25) is 9.36 Å². The van der Waals surface area contributed by atoms with E-state index in [0.717, 1.165) is 15.9 Å². The lowest BCUT2D eigenvalue weighted by molar-refractivity contribution is 1.06. The monoisotopic (exact) mass is 393 g/mol. The molecule has 1 aromatic carbocycles. The largest absolute Gasteiger partial charge is 0.341 e. The number of hydrogen-bond acceptors (Lipinski definition) is 3. The predicted octanol–water partition coefficient (Wildman–Crippen LogP) is 4.82. The lowest BCUT2D eigenvalue weighted by Crippen LogP contribution is -2.14. The summed E-state index contributed by atoms with van der Waals surface area (Å²) in [6.45, 7) is 7.48. The second kappa shape index (κ2) is 7.32. The fourth-order valence-electron chi connectivity index (χ4n) is 2.54. The van der Waals surface area contributed by atoms with Gasteiger partial charge in [-0.05, 0) is 46.3 Å². The van der Waals surface area contributed by atoms with E-state index in [9.17, 15) is 4.79 Å². The third-order valence-corrected chi connectivity index (χ3v) is 4.06. The number of rotatable bonds is 5. The molecule has 0 aliphatic heterocycles. The number of aromatic nitrogens is 2. The number of pyridine rings is 2. The number of halogens is 1. The van der Waals surface area contributed by atoms with Crippen LogP contribution >= 0.6 is 15.9 Å². The molecule has 0 atom stereocenters. The first-order valence-electron chi connectivity index (χ1n) is 7.63. The number of para-hydroxylation sites is 1. The SMILES string of the molecule is C=C/C=C(\C=C)Nc1cc(=O)c2cc(Br)cnc2n1-c1ccccc1. The number of nitrogens with one attached hydrogen (secondary N) is 1. The van der Waals surface area contributed by atoms with Gasteiger partial charge >= 0.3 is 0 Å². The van der Waals surface area contributed by atoms with Crippen LogP contribution in [0.3, 0.4) is 0 Å². The minimum absolute atomic E-state index is 0.111. The van der Waals surface area contributed by atoms with Crippen molar-refractivity contribution >= 4 is 32.8 Å². The van der Waals surface area contributed by atoms with Crippen LogP contribution in [0.2, 0.25) is 0 Å². The summed E-state index contributed by atoms with van der Waals surface area (Å²) in [4.78, 5) is 17.1. The molecular weight excluding hydrogens is 378 g/mol. The molecule has 4 nitrogen and oxygen atoms in total. The molecule has 2 aromatic heterocycles. The highest BCUT2D eigenvalue weighted by Crippen LogP contribution is 2.24. The van der Waals surface area contributed by atoms with Crippen molar-refractivity contribution in [2.24, 2.45) is 0 Å². The second-order valence-electron chi connectivity index (χ2n) is 5.28. The summed E-state index contributed by atoms with van der Waals surface area (Å²) in [5.41, 5.74) is 2.09. The highest BCUT2D eigenvalue weighted by atomic mass is 79.9. The highest BCUT2D eigenvalue weighted by Gasteiger charge is 2.13. The summed E-state index contributed by atoms with van der Waals surface area (Å²) in [6, 6.07) is 13.1. The minimum Gasteiger partial charge on any atom is -0.341 e. The third kappa shape index (κ3) is 3.46. The van der Waals surface area contributed by atoms with E-state index < -0.39 is 0 Å². The molecule has 0 radical (unpaired) electrons. The van der Waals surface area contributed by atoms with E-state index in [-0.39, 0.29) is 5.43 Å². The van der Waals surface area contributed by atoms with Crippen molar-refractivity contribution in [2.45, 2.75) is 0 Å². The van der Waals surface area contributed by atoms with Crippen LogP contribution in [-0.2, 0) is 0 Å². The van der Waals surface area contributed by atoms with Crippen molar-refractivity contribution in [1.29, 1.82) is 0 Å². The van der Waals surface area contributed by atoms with Crippen LogP contribution in [0, 0.1) is 0 Å². The van der Waals surface area contributed by atoms with Crippen LogP contribution in [0.5, 0.6) is 0 Å². The fraction of sp³-hybridized carbons (Fsp3) is 0. The van der Waals surface area contributed by atoms with Gasteiger partial charge in [0.25, 0.3) is 0 Å². The fourth-order valence-corrected chi connectivity index (χ4v) is 2.87. The normalized spacial score (nSPS) is 11.3. The van der Waals surface area contributed by atoms with Crippen molar-refractivity contribution in [3.63, 3.8) is 0 Å². The van der Waals surface area contributed by atoms with E-state index in [1.807, 2.05) is 34.9 Å². The maximum absolute atomic E-state index is 12.6. The predicted molar refractivity (Wildman–Crippen MR) is 107 cm³/mol. The molecule has 0 unspecified atom stereocenters. The Morgan fingerprint density at radius 3 is 2.64 bits per heavy atom. The number of benzene rings is 1. The third-order valence-electron chi connectivity index (χ3n) is 3.62. The zero-order valence-electron chi connectivity index (χ0n) is 13.4. The van der Waals surface area contributed by atoms with Gasteiger partial charge in [0.2, 0.25) is 0 Å².